The number of amides is 1. The second-order valence-electron chi connectivity index (χ2n) is 15.6. The zero-order valence-electron chi connectivity index (χ0n) is 32.0. The van der Waals surface area contributed by atoms with Crippen molar-refractivity contribution in [2.24, 2.45) is 16.7 Å². The number of fused-ring (bicyclic) bond motifs is 5. The van der Waals surface area contributed by atoms with Gasteiger partial charge in [-0.2, -0.15) is 0 Å². The molecular formula is C41H49NO13. The minimum absolute atomic E-state index is 0.133. The van der Waals surface area contributed by atoms with E-state index >= 15 is 4.79 Å². The predicted octanol–water partition coefficient (Wildman–Crippen LogP) is 2.79. The molecule has 14 heteroatoms. The molecule has 55 heavy (non-hydrogen) atoms. The average molecular weight is 764 g/mol. The highest BCUT2D eigenvalue weighted by atomic mass is 16.6. The van der Waals surface area contributed by atoms with Crippen molar-refractivity contribution in [2.45, 2.75) is 101 Å². The summed E-state index contributed by atoms with van der Waals surface area (Å²) in [6.45, 7) is 7.72. The molecule has 296 valence electrons. The topological polar surface area (TPSA) is 193 Å². The van der Waals surface area contributed by atoms with E-state index in [4.69, 9.17) is 28.4 Å². The van der Waals surface area contributed by atoms with Crippen LogP contribution in [-0.4, -0.2) is 109 Å². The fraction of sp³-hybridized carbons (Fsp3) is 0.537. The summed E-state index contributed by atoms with van der Waals surface area (Å²) in [5.74, 6) is -4.42. The number of carbonyl (C=O) groups excluding carboxylic acids is 5. The van der Waals surface area contributed by atoms with Crippen LogP contribution in [0.15, 0.2) is 71.8 Å². The molecule has 1 saturated heterocycles. The molecule has 1 amide bonds. The Hall–Kier alpha value is -4.47. The second-order valence-corrected chi connectivity index (χ2v) is 15.6. The van der Waals surface area contributed by atoms with Crippen molar-refractivity contribution in [3.05, 3.63) is 82.9 Å². The minimum Gasteiger partial charge on any atom is -0.456 e. The molecule has 6 rings (SSSR count). The van der Waals surface area contributed by atoms with Gasteiger partial charge in [-0.05, 0) is 42.7 Å². The van der Waals surface area contributed by atoms with Crippen molar-refractivity contribution in [1.29, 1.82) is 0 Å². The Morgan fingerprint density at radius 3 is 2.16 bits per heavy atom. The van der Waals surface area contributed by atoms with Crippen molar-refractivity contribution < 1.29 is 62.6 Å². The van der Waals surface area contributed by atoms with Crippen LogP contribution in [0.25, 0.3) is 0 Å². The van der Waals surface area contributed by atoms with E-state index in [0.29, 0.717) is 17.5 Å². The van der Waals surface area contributed by atoms with Crippen LogP contribution in [0.5, 0.6) is 0 Å². The number of carbonyl (C=O) groups is 5. The van der Waals surface area contributed by atoms with Crippen LogP contribution >= 0.6 is 0 Å². The molecule has 3 fully saturated rings. The van der Waals surface area contributed by atoms with E-state index in [1.807, 2.05) is 0 Å². The average Bonchev–Trinajstić information content (AvgIpc) is 3.15. The lowest BCUT2D eigenvalue weighted by Gasteiger charge is -2.67. The molecule has 1 aliphatic heterocycles. The lowest BCUT2D eigenvalue weighted by molar-refractivity contribution is -0.347. The molecule has 14 nitrogen and oxygen atoms in total. The van der Waals surface area contributed by atoms with Crippen molar-refractivity contribution in [1.82, 2.24) is 5.32 Å². The number of aliphatic hydroxyl groups excluding tert-OH is 1. The molecule has 11 atom stereocenters. The Bertz CT molecular complexity index is 1850. The molecule has 2 aromatic carbocycles. The Labute approximate surface area is 319 Å². The zero-order chi connectivity index (χ0) is 40.1. The van der Waals surface area contributed by atoms with Gasteiger partial charge >= 0.3 is 17.9 Å². The van der Waals surface area contributed by atoms with Crippen LogP contribution in [0.1, 0.15) is 69.4 Å². The van der Waals surface area contributed by atoms with E-state index in [1.165, 1.54) is 21.1 Å². The number of benzene rings is 2. The fourth-order valence-electron chi connectivity index (χ4n) is 9.73. The maximum Gasteiger partial charge on any atom is 0.338 e. The number of methoxy groups -OCH3 is 2. The lowest BCUT2D eigenvalue weighted by atomic mass is 9.44. The van der Waals surface area contributed by atoms with Crippen molar-refractivity contribution in [2.75, 3.05) is 20.8 Å². The summed E-state index contributed by atoms with van der Waals surface area (Å²) < 4.78 is 36.7. The largest absolute Gasteiger partial charge is 0.456 e. The molecule has 3 N–H and O–H groups in total. The molecular weight excluding hydrogens is 714 g/mol. The first-order chi connectivity index (χ1) is 26.0. The summed E-state index contributed by atoms with van der Waals surface area (Å²) in [5, 5.41) is 27.4. The number of nitrogens with one attached hydrogen (secondary N) is 1. The number of Topliss-reactive ketones (excluding diaryl/α,β-unsaturated/α-hetero) is 1. The third-order valence-corrected chi connectivity index (χ3v) is 12.6. The Morgan fingerprint density at radius 1 is 0.982 bits per heavy atom. The lowest BCUT2D eigenvalue weighted by Crippen LogP contribution is -2.82. The summed E-state index contributed by atoms with van der Waals surface area (Å²) >= 11 is 0. The minimum atomic E-state index is -2.19. The van der Waals surface area contributed by atoms with Gasteiger partial charge in [-0.25, -0.2) is 9.59 Å². The smallest absolute Gasteiger partial charge is 0.338 e. The van der Waals surface area contributed by atoms with Crippen LogP contribution in [0.4, 0.5) is 0 Å². The summed E-state index contributed by atoms with van der Waals surface area (Å²) in [6, 6.07) is 15.3. The first-order valence-electron chi connectivity index (χ1n) is 18.3. The van der Waals surface area contributed by atoms with Crippen LogP contribution < -0.4 is 5.32 Å². The molecule has 2 bridgehead atoms. The van der Waals surface area contributed by atoms with Crippen LogP contribution in [-0.2, 0) is 47.6 Å². The zero-order valence-corrected chi connectivity index (χ0v) is 32.0. The number of hydrogen-bond donors (Lipinski definition) is 3. The molecule has 4 aliphatic rings. The summed E-state index contributed by atoms with van der Waals surface area (Å²) in [6.07, 6.45) is -7.78. The van der Waals surface area contributed by atoms with E-state index in [1.54, 1.807) is 88.4 Å². The molecule has 2 aromatic rings. The van der Waals surface area contributed by atoms with Crippen LogP contribution in [0, 0.1) is 16.7 Å². The van der Waals surface area contributed by atoms with Crippen LogP contribution in [0.3, 0.4) is 0 Å². The van der Waals surface area contributed by atoms with Gasteiger partial charge in [0.2, 0.25) is 6.41 Å². The van der Waals surface area contributed by atoms with E-state index in [2.05, 4.69) is 5.32 Å². The maximum atomic E-state index is 15.4. The van der Waals surface area contributed by atoms with Gasteiger partial charge < -0.3 is 44.0 Å². The molecule has 0 aromatic heterocycles. The molecule has 3 aliphatic carbocycles. The molecule has 0 radical (unpaired) electrons. The standard InChI is InChI=1S/C41H49NO13/c1-22-26(53-37(48)31(45)30(42-21-43)24-14-10-8-11-15-24)19-41(49)35(54-36(47)25-16-12-9-13-17-25)33-39(5,34(46)32(51-7)29(22)38(41,3)4)27(50-6)18-28-40(33,20-52-28)55-23(2)44/h8-17,21,26-28,30-33,35,45,49H,18-20H2,1-7H3,(H,42,43)/t26-,27-,28+,30-,31+,32+,33-,35-,39+,40-,41?/m0/s1. The molecule has 1 unspecified atom stereocenters. The van der Waals surface area contributed by atoms with Crippen LogP contribution in [0.2, 0.25) is 0 Å². The quantitative estimate of drug-likeness (QED) is 0.131. The van der Waals surface area contributed by atoms with Crippen molar-refractivity contribution in [3.63, 3.8) is 0 Å². The van der Waals surface area contributed by atoms with E-state index < -0.39 is 101 Å². The Morgan fingerprint density at radius 2 is 1.62 bits per heavy atom. The molecule has 0 spiro atoms. The third kappa shape index (κ3) is 6.28. The van der Waals surface area contributed by atoms with Gasteiger partial charge in [-0.15, -0.1) is 0 Å². The van der Waals surface area contributed by atoms with Gasteiger partial charge in [0.1, 0.15) is 30.0 Å². The Kier molecular flexibility index (Phi) is 10.9. The van der Waals surface area contributed by atoms with Crippen molar-refractivity contribution >= 4 is 30.1 Å². The summed E-state index contributed by atoms with van der Waals surface area (Å²) in [4.78, 5) is 68.0. The third-order valence-electron chi connectivity index (χ3n) is 12.6. The SMILES string of the molecule is CO[C@H]1C(=O)[C@]2(C)[C@@H](OC)C[C@H]3OC[C@@]3(OC(C)=O)[C@H]2[C@H](OC(=O)c2ccccc2)C2(O)C[C@H](OC(=O)[C@H](O)[C@@H](NC=O)c3ccccc3)C(C)=C1C2(C)C. The Balaban J connectivity index is 1.56. The summed E-state index contributed by atoms with van der Waals surface area (Å²) in [7, 11) is 2.79. The number of ketones is 1. The van der Waals surface area contributed by atoms with Gasteiger partial charge in [0.15, 0.2) is 17.5 Å². The van der Waals surface area contributed by atoms with Gasteiger partial charge in [0.25, 0.3) is 0 Å². The maximum absolute atomic E-state index is 15.4. The van der Waals surface area contributed by atoms with Gasteiger partial charge in [0.05, 0.1) is 35.6 Å². The first-order valence-corrected chi connectivity index (χ1v) is 18.3. The first kappa shape index (κ1) is 40.2. The van der Waals surface area contributed by atoms with Gasteiger partial charge in [0, 0.05) is 39.4 Å². The van der Waals surface area contributed by atoms with E-state index in [9.17, 15) is 29.4 Å². The summed E-state index contributed by atoms with van der Waals surface area (Å²) in [5.41, 5.74) is -5.61. The number of hydrogen-bond acceptors (Lipinski definition) is 13. The predicted molar refractivity (Wildman–Crippen MR) is 193 cm³/mol. The molecule has 1 heterocycles. The fourth-order valence-corrected chi connectivity index (χ4v) is 9.73. The number of rotatable bonds is 11. The number of ether oxygens (including phenoxy) is 6. The van der Waals surface area contributed by atoms with Gasteiger partial charge in [-0.1, -0.05) is 62.4 Å². The highest BCUT2D eigenvalue weighted by Crippen LogP contribution is 2.64. The van der Waals surface area contributed by atoms with Gasteiger partial charge in [-0.3, -0.25) is 14.4 Å². The van der Waals surface area contributed by atoms with Crippen molar-refractivity contribution in [3.8, 4) is 0 Å². The van der Waals surface area contributed by atoms with E-state index in [-0.39, 0.29) is 24.2 Å². The second kappa shape index (κ2) is 14.9. The number of esters is 3. The van der Waals surface area contributed by atoms with E-state index in [0.717, 1.165) is 0 Å². The highest BCUT2D eigenvalue weighted by molar-refractivity contribution is 5.94. The highest BCUT2D eigenvalue weighted by Gasteiger charge is 2.78. The molecule has 2 saturated carbocycles. The normalized spacial score (nSPS) is 34.6. The number of aliphatic hydroxyl groups is 2. The monoisotopic (exact) mass is 763 g/mol.